The number of fused-ring (bicyclic) bond motifs is 2. The number of rotatable bonds is 3. The molecule has 0 saturated heterocycles. The van der Waals surface area contributed by atoms with E-state index < -0.39 is 5.63 Å². The van der Waals surface area contributed by atoms with Crippen molar-refractivity contribution < 1.29 is 14.0 Å². The summed E-state index contributed by atoms with van der Waals surface area (Å²) in [4.78, 5) is 48.7. The molecule has 0 saturated carbocycles. The predicted octanol–water partition coefficient (Wildman–Crippen LogP) is 3.10. The van der Waals surface area contributed by atoms with Gasteiger partial charge in [-0.25, -0.2) is 9.78 Å². The second kappa shape index (κ2) is 7.77. The van der Waals surface area contributed by atoms with E-state index in [-0.39, 0.29) is 17.4 Å². The van der Waals surface area contributed by atoms with Crippen LogP contribution in [0, 0.1) is 0 Å². The zero-order valence-corrected chi connectivity index (χ0v) is 17.0. The van der Waals surface area contributed by atoms with Gasteiger partial charge in [0, 0.05) is 29.4 Å². The minimum absolute atomic E-state index is 0.00958. The van der Waals surface area contributed by atoms with Crippen molar-refractivity contribution >= 4 is 39.3 Å². The summed E-state index contributed by atoms with van der Waals surface area (Å²) in [6, 6.07) is 13.7. The van der Waals surface area contributed by atoms with Crippen LogP contribution in [0.3, 0.4) is 0 Å². The number of aromatic nitrogens is 2. The molecule has 5 rings (SSSR count). The van der Waals surface area contributed by atoms with Crippen molar-refractivity contribution in [2.45, 2.75) is 13.0 Å². The first kappa shape index (κ1) is 19.1. The average molecular weight is 432 g/mol. The van der Waals surface area contributed by atoms with Crippen LogP contribution in [-0.2, 0) is 13.0 Å². The highest BCUT2D eigenvalue weighted by molar-refractivity contribution is 7.15. The van der Waals surface area contributed by atoms with Crippen molar-refractivity contribution in [3.8, 4) is 0 Å². The maximum Gasteiger partial charge on any atom is 0.349 e. The Bertz CT molecular complexity index is 1360. The zero-order valence-electron chi connectivity index (χ0n) is 16.2. The number of amides is 2. The van der Waals surface area contributed by atoms with Gasteiger partial charge in [0.05, 0.1) is 12.2 Å². The Hall–Kier alpha value is -3.85. The van der Waals surface area contributed by atoms with Gasteiger partial charge in [0.1, 0.15) is 16.8 Å². The van der Waals surface area contributed by atoms with Gasteiger partial charge in [0.25, 0.3) is 11.8 Å². The molecule has 1 aliphatic heterocycles. The Balaban J connectivity index is 1.35. The summed E-state index contributed by atoms with van der Waals surface area (Å²) in [5, 5.41) is 3.91. The van der Waals surface area contributed by atoms with Crippen molar-refractivity contribution in [1.82, 2.24) is 14.9 Å². The molecule has 1 aromatic carbocycles. The van der Waals surface area contributed by atoms with Crippen LogP contribution in [0.25, 0.3) is 11.0 Å². The van der Waals surface area contributed by atoms with Crippen molar-refractivity contribution in [2.24, 2.45) is 0 Å². The number of anilines is 1. The lowest BCUT2D eigenvalue weighted by molar-refractivity contribution is 0.0732. The molecule has 154 valence electrons. The highest BCUT2D eigenvalue weighted by Crippen LogP contribution is 2.29. The van der Waals surface area contributed by atoms with Gasteiger partial charge in [-0.3, -0.25) is 19.9 Å². The number of hydrogen-bond donors (Lipinski definition) is 1. The molecule has 31 heavy (non-hydrogen) atoms. The molecule has 0 bridgehead atoms. The van der Waals surface area contributed by atoms with Gasteiger partial charge >= 0.3 is 5.63 Å². The molecule has 1 N–H and O–H groups in total. The van der Waals surface area contributed by atoms with Crippen LogP contribution in [-0.4, -0.2) is 33.2 Å². The van der Waals surface area contributed by atoms with E-state index in [1.807, 2.05) is 6.07 Å². The molecule has 2 amide bonds. The summed E-state index contributed by atoms with van der Waals surface area (Å²) in [7, 11) is 0. The summed E-state index contributed by atoms with van der Waals surface area (Å²) >= 11 is 1.32. The fraction of sp³-hybridized carbons (Fsp3) is 0.136. The van der Waals surface area contributed by atoms with Crippen LogP contribution < -0.4 is 10.9 Å². The molecule has 0 atom stereocenters. The smallest absolute Gasteiger partial charge is 0.349 e. The molecule has 3 aromatic heterocycles. The van der Waals surface area contributed by atoms with Crippen LogP contribution in [0.2, 0.25) is 0 Å². The first-order chi connectivity index (χ1) is 15.1. The lowest BCUT2D eigenvalue weighted by Gasteiger charge is -2.25. The monoisotopic (exact) mass is 432 g/mol. The Morgan fingerprint density at radius 3 is 2.81 bits per heavy atom. The lowest BCUT2D eigenvalue weighted by Crippen LogP contribution is -2.37. The molecule has 0 unspecified atom stereocenters. The van der Waals surface area contributed by atoms with Gasteiger partial charge in [0.15, 0.2) is 5.13 Å². The molecule has 0 radical (unpaired) electrons. The summed E-state index contributed by atoms with van der Waals surface area (Å²) in [5.41, 5.74) is 0.949. The number of thiazole rings is 1. The second-order valence-corrected chi connectivity index (χ2v) is 8.10. The van der Waals surface area contributed by atoms with Gasteiger partial charge in [0.2, 0.25) is 0 Å². The SMILES string of the molecule is O=C(Nc1nc2c(s1)CN(C(=O)c1cc3ccccc3oc1=O)CC2)c1ccccn1. The van der Waals surface area contributed by atoms with E-state index >= 15 is 0 Å². The largest absolute Gasteiger partial charge is 0.422 e. The van der Waals surface area contributed by atoms with E-state index in [2.05, 4.69) is 15.3 Å². The Kier molecular flexibility index (Phi) is 4.79. The normalized spacial score (nSPS) is 13.1. The van der Waals surface area contributed by atoms with Gasteiger partial charge in [-0.15, -0.1) is 0 Å². The first-order valence-corrected chi connectivity index (χ1v) is 10.4. The van der Waals surface area contributed by atoms with Crippen LogP contribution in [0.1, 0.15) is 31.4 Å². The molecule has 9 heteroatoms. The van der Waals surface area contributed by atoms with Gasteiger partial charge < -0.3 is 9.32 Å². The maximum absolute atomic E-state index is 13.0. The van der Waals surface area contributed by atoms with E-state index in [1.54, 1.807) is 53.6 Å². The highest BCUT2D eigenvalue weighted by Gasteiger charge is 2.27. The zero-order chi connectivity index (χ0) is 21.4. The number of nitrogens with one attached hydrogen (secondary N) is 1. The first-order valence-electron chi connectivity index (χ1n) is 9.61. The Morgan fingerprint density at radius 2 is 1.97 bits per heavy atom. The third-order valence-corrected chi connectivity index (χ3v) is 6.01. The number of pyridine rings is 1. The highest BCUT2D eigenvalue weighted by atomic mass is 32.1. The van der Waals surface area contributed by atoms with Crippen molar-refractivity contribution in [2.75, 3.05) is 11.9 Å². The third-order valence-electron chi connectivity index (χ3n) is 5.01. The van der Waals surface area contributed by atoms with Crippen LogP contribution in [0.4, 0.5) is 5.13 Å². The van der Waals surface area contributed by atoms with Gasteiger partial charge in [-0.1, -0.05) is 35.6 Å². The number of carbonyl (C=O) groups excluding carboxylic acids is 2. The Labute approximate surface area is 180 Å². The molecule has 4 heterocycles. The fourth-order valence-corrected chi connectivity index (χ4v) is 4.48. The minimum atomic E-state index is -0.651. The second-order valence-electron chi connectivity index (χ2n) is 7.02. The van der Waals surface area contributed by atoms with E-state index in [9.17, 15) is 14.4 Å². The van der Waals surface area contributed by atoms with Crippen LogP contribution in [0.5, 0.6) is 0 Å². The minimum Gasteiger partial charge on any atom is -0.422 e. The van der Waals surface area contributed by atoms with Crippen molar-refractivity contribution in [3.63, 3.8) is 0 Å². The van der Waals surface area contributed by atoms with Crippen molar-refractivity contribution in [1.29, 1.82) is 0 Å². The Morgan fingerprint density at radius 1 is 1.13 bits per heavy atom. The lowest BCUT2D eigenvalue weighted by atomic mass is 10.1. The van der Waals surface area contributed by atoms with E-state index in [0.29, 0.717) is 41.3 Å². The number of hydrogen-bond acceptors (Lipinski definition) is 7. The molecule has 4 aromatic rings. The molecule has 8 nitrogen and oxygen atoms in total. The molecule has 0 fully saturated rings. The molecule has 0 aliphatic carbocycles. The van der Waals surface area contributed by atoms with E-state index in [1.165, 1.54) is 11.3 Å². The van der Waals surface area contributed by atoms with Crippen LogP contribution in [0.15, 0.2) is 63.9 Å². The number of nitrogens with zero attached hydrogens (tertiary/aromatic N) is 3. The van der Waals surface area contributed by atoms with E-state index in [0.717, 1.165) is 10.6 Å². The average Bonchev–Trinajstić information content (AvgIpc) is 3.20. The summed E-state index contributed by atoms with van der Waals surface area (Å²) in [6.45, 7) is 0.743. The summed E-state index contributed by atoms with van der Waals surface area (Å²) in [5.74, 6) is -0.717. The third kappa shape index (κ3) is 3.71. The molecule has 0 spiro atoms. The maximum atomic E-state index is 13.0. The van der Waals surface area contributed by atoms with Crippen molar-refractivity contribution in [3.05, 3.63) is 87.0 Å². The number of carbonyl (C=O) groups is 2. The topological polar surface area (TPSA) is 105 Å². The molecular formula is C22H16N4O4S. The summed E-state index contributed by atoms with van der Waals surface area (Å²) < 4.78 is 5.30. The number of benzene rings is 1. The van der Waals surface area contributed by atoms with Gasteiger partial charge in [-0.05, 0) is 24.3 Å². The summed E-state index contributed by atoms with van der Waals surface area (Å²) in [6.07, 6.45) is 2.09. The molecular weight excluding hydrogens is 416 g/mol. The quantitative estimate of drug-likeness (QED) is 0.499. The molecule has 1 aliphatic rings. The van der Waals surface area contributed by atoms with Crippen LogP contribution >= 0.6 is 11.3 Å². The van der Waals surface area contributed by atoms with E-state index in [4.69, 9.17) is 4.42 Å². The fourth-order valence-electron chi connectivity index (χ4n) is 3.46. The standard InChI is InChI=1S/C22H16N4O4S/c27-19(16-6-3-4-9-23-16)25-22-24-15-8-10-26(12-18(15)31-22)20(28)14-11-13-5-1-2-7-17(13)30-21(14)29/h1-7,9,11H,8,10,12H2,(H,24,25,27). The van der Waals surface area contributed by atoms with Gasteiger partial charge in [-0.2, -0.15) is 0 Å². The predicted molar refractivity (Wildman–Crippen MR) is 115 cm³/mol. The number of para-hydroxylation sites is 1.